The van der Waals surface area contributed by atoms with E-state index in [2.05, 4.69) is 22.0 Å². The van der Waals surface area contributed by atoms with Gasteiger partial charge in [0.1, 0.15) is 5.82 Å². The smallest absolute Gasteiger partial charge is 0.252 e. The zero-order chi connectivity index (χ0) is 19.7. The van der Waals surface area contributed by atoms with Crippen LogP contribution in [-0.4, -0.2) is 44.8 Å². The Morgan fingerprint density at radius 1 is 1.21 bits per heavy atom. The van der Waals surface area contributed by atoms with Gasteiger partial charge in [0.2, 0.25) is 0 Å². The predicted octanol–water partition coefficient (Wildman–Crippen LogP) is 2.27. The largest absolute Gasteiger partial charge is 0.493 e. The Morgan fingerprint density at radius 3 is 2.61 bits per heavy atom. The van der Waals surface area contributed by atoms with Crippen molar-refractivity contribution in [1.29, 1.82) is 0 Å². The summed E-state index contributed by atoms with van der Waals surface area (Å²) in [5.74, 6) is 1.65. The van der Waals surface area contributed by atoms with E-state index in [-0.39, 0.29) is 5.60 Å². The lowest BCUT2D eigenvalue weighted by atomic mass is 9.79. The van der Waals surface area contributed by atoms with Gasteiger partial charge in [0, 0.05) is 19.3 Å². The highest BCUT2D eigenvalue weighted by molar-refractivity contribution is 5.97. The van der Waals surface area contributed by atoms with Crippen LogP contribution in [0.3, 0.4) is 0 Å². The van der Waals surface area contributed by atoms with E-state index < -0.39 is 5.91 Å². The van der Waals surface area contributed by atoms with Crippen molar-refractivity contribution >= 4 is 11.7 Å². The molecule has 0 radical (unpaired) electrons. The van der Waals surface area contributed by atoms with Gasteiger partial charge in [-0.05, 0) is 54.7 Å². The molecule has 2 aromatic rings. The topological polar surface area (TPSA) is 86.9 Å². The maximum atomic E-state index is 11.8. The number of benzene rings is 1. The van der Waals surface area contributed by atoms with E-state index in [0.717, 1.165) is 38.1 Å². The lowest BCUT2D eigenvalue weighted by Gasteiger charge is -2.45. The fourth-order valence-corrected chi connectivity index (χ4v) is 4.32. The third kappa shape index (κ3) is 3.05. The Hall–Kier alpha value is -2.80. The number of carbonyl (C=O) groups is 1. The normalized spacial score (nSPS) is 17.9. The van der Waals surface area contributed by atoms with Gasteiger partial charge in [0.25, 0.3) is 5.91 Å². The summed E-state index contributed by atoms with van der Waals surface area (Å²) in [4.78, 5) is 18.3. The molecule has 4 rings (SSSR count). The monoisotopic (exact) mass is 383 g/mol. The molecule has 28 heavy (non-hydrogen) atoms. The van der Waals surface area contributed by atoms with Crippen molar-refractivity contribution in [3.63, 3.8) is 0 Å². The maximum absolute atomic E-state index is 11.8. The summed E-state index contributed by atoms with van der Waals surface area (Å²) in [5.41, 5.74) is 8.04. The summed E-state index contributed by atoms with van der Waals surface area (Å²) in [6.45, 7) is 2.13. The molecular formula is C21H25N3O4. The molecule has 1 amide bonds. The molecular weight excluding hydrogens is 358 g/mol. The zero-order valence-corrected chi connectivity index (χ0v) is 16.2. The molecule has 1 aromatic carbocycles. The van der Waals surface area contributed by atoms with Crippen LogP contribution in [0.5, 0.6) is 11.5 Å². The van der Waals surface area contributed by atoms with Crippen molar-refractivity contribution in [1.82, 2.24) is 4.98 Å². The van der Waals surface area contributed by atoms with Gasteiger partial charge in [0.15, 0.2) is 11.5 Å². The first-order valence-corrected chi connectivity index (χ1v) is 9.47. The SMILES string of the molecule is COc1cc2c(cc1OC)C1(CCN(c3ncccc3C(N)=O)CC1)OCC2. The number of pyridine rings is 1. The molecule has 1 spiro atoms. The Morgan fingerprint density at radius 2 is 1.93 bits per heavy atom. The number of amides is 1. The molecule has 0 bridgehead atoms. The molecule has 1 saturated heterocycles. The summed E-state index contributed by atoms with van der Waals surface area (Å²) in [6.07, 6.45) is 4.14. The minimum absolute atomic E-state index is 0.356. The van der Waals surface area contributed by atoms with E-state index in [4.69, 9.17) is 19.9 Å². The highest BCUT2D eigenvalue weighted by Crippen LogP contribution is 2.45. The molecule has 7 nitrogen and oxygen atoms in total. The fourth-order valence-electron chi connectivity index (χ4n) is 4.32. The van der Waals surface area contributed by atoms with E-state index >= 15 is 0 Å². The van der Waals surface area contributed by atoms with Crippen LogP contribution in [0.4, 0.5) is 5.82 Å². The first kappa shape index (κ1) is 18.6. The minimum atomic E-state index is -0.459. The Labute approximate surface area is 164 Å². The molecule has 0 unspecified atom stereocenters. The van der Waals surface area contributed by atoms with E-state index in [1.165, 1.54) is 11.1 Å². The molecule has 7 heteroatoms. The fraction of sp³-hybridized carbons (Fsp3) is 0.429. The van der Waals surface area contributed by atoms with Gasteiger partial charge in [-0.2, -0.15) is 0 Å². The molecule has 2 N–H and O–H groups in total. The summed E-state index contributed by atoms with van der Waals surface area (Å²) >= 11 is 0. The number of primary amides is 1. The molecule has 0 atom stereocenters. The van der Waals surface area contributed by atoms with Gasteiger partial charge in [-0.25, -0.2) is 4.98 Å². The van der Waals surface area contributed by atoms with Crippen LogP contribution in [0, 0.1) is 0 Å². The second-order valence-corrected chi connectivity index (χ2v) is 7.18. The number of rotatable bonds is 4. The lowest BCUT2D eigenvalue weighted by molar-refractivity contribution is -0.0768. The van der Waals surface area contributed by atoms with Gasteiger partial charge >= 0.3 is 0 Å². The second-order valence-electron chi connectivity index (χ2n) is 7.18. The third-order valence-electron chi connectivity index (χ3n) is 5.77. The number of methoxy groups -OCH3 is 2. The van der Waals surface area contributed by atoms with E-state index in [1.807, 2.05) is 0 Å². The zero-order valence-electron chi connectivity index (χ0n) is 16.2. The molecule has 1 aromatic heterocycles. The Bertz CT molecular complexity index is 891. The standard InChI is InChI=1S/C21H25N3O4/c1-26-17-12-14-5-11-28-21(16(14)13-18(17)27-2)6-9-24(10-7-21)20-15(19(22)25)4-3-8-23-20/h3-4,8,12-13H,5-7,9-11H2,1-2H3,(H2,22,25). The molecule has 0 saturated carbocycles. The maximum Gasteiger partial charge on any atom is 0.252 e. The van der Waals surface area contributed by atoms with Gasteiger partial charge in [0.05, 0.1) is 32.0 Å². The first-order chi connectivity index (χ1) is 13.6. The third-order valence-corrected chi connectivity index (χ3v) is 5.77. The van der Waals surface area contributed by atoms with Crippen LogP contribution in [0.25, 0.3) is 0 Å². The van der Waals surface area contributed by atoms with Crippen molar-refractivity contribution < 1.29 is 19.0 Å². The summed E-state index contributed by atoms with van der Waals surface area (Å²) < 4.78 is 17.3. The number of fused-ring (bicyclic) bond motifs is 2. The van der Waals surface area contributed by atoms with Crippen molar-refractivity contribution in [2.45, 2.75) is 24.9 Å². The van der Waals surface area contributed by atoms with Crippen LogP contribution in [0.2, 0.25) is 0 Å². The highest BCUT2D eigenvalue weighted by Gasteiger charge is 2.42. The van der Waals surface area contributed by atoms with Gasteiger partial charge in [-0.1, -0.05) is 0 Å². The second kappa shape index (κ2) is 7.31. The van der Waals surface area contributed by atoms with Crippen molar-refractivity contribution in [3.8, 4) is 11.5 Å². The minimum Gasteiger partial charge on any atom is -0.493 e. The van der Waals surface area contributed by atoms with Crippen LogP contribution in [-0.2, 0) is 16.8 Å². The van der Waals surface area contributed by atoms with Gasteiger partial charge in [-0.3, -0.25) is 4.79 Å². The van der Waals surface area contributed by atoms with Crippen molar-refractivity contribution in [2.24, 2.45) is 5.73 Å². The van der Waals surface area contributed by atoms with E-state index in [0.29, 0.717) is 23.7 Å². The Kier molecular flexibility index (Phi) is 4.85. The highest BCUT2D eigenvalue weighted by atomic mass is 16.5. The lowest BCUT2D eigenvalue weighted by Crippen LogP contribution is -2.47. The van der Waals surface area contributed by atoms with Crippen molar-refractivity contribution in [2.75, 3.05) is 38.8 Å². The molecule has 2 aliphatic rings. The molecule has 148 valence electrons. The van der Waals surface area contributed by atoms with E-state index in [9.17, 15) is 4.79 Å². The van der Waals surface area contributed by atoms with Crippen LogP contribution < -0.4 is 20.1 Å². The van der Waals surface area contributed by atoms with E-state index in [1.54, 1.807) is 32.5 Å². The number of aromatic nitrogens is 1. The summed E-state index contributed by atoms with van der Waals surface area (Å²) in [7, 11) is 3.30. The van der Waals surface area contributed by atoms with Crippen LogP contribution >= 0.6 is 0 Å². The number of piperidine rings is 1. The van der Waals surface area contributed by atoms with Crippen LogP contribution in [0.15, 0.2) is 30.5 Å². The van der Waals surface area contributed by atoms with Crippen molar-refractivity contribution in [3.05, 3.63) is 47.2 Å². The van der Waals surface area contributed by atoms with Gasteiger partial charge < -0.3 is 24.8 Å². The van der Waals surface area contributed by atoms with Crippen LogP contribution in [0.1, 0.15) is 34.3 Å². The average Bonchev–Trinajstić information content (AvgIpc) is 2.73. The number of hydrogen-bond donors (Lipinski definition) is 1. The first-order valence-electron chi connectivity index (χ1n) is 9.47. The number of nitrogens with two attached hydrogens (primary N) is 1. The molecule has 0 aliphatic carbocycles. The quantitative estimate of drug-likeness (QED) is 0.872. The predicted molar refractivity (Wildman–Crippen MR) is 105 cm³/mol. The number of nitrogens with zero attached hydrogens (tertiary/aromatic N) is 2. The number of ether oxygens (including phenoxy) is 3. The molecule has 3 heterocycles. The number of anilines is 1. The number of hydrogen-bond acceptors (Lipinski definition) is 6. The van der Waals surface area contributed by atoms with Gasteiger partial charge in [-0.15, -0.1) is 0 Å². The molecule has 1 fully saturated rings. The Balaban J connectivity index is 1.63. The summed E-state index contributed by atoms with van der Waals surface area (Å²) in [5, 5.41) is 0. The number of carbonyl (C=O) groups excluding carboxylic acids is 1. The average molecular weight is 383 g/mol. The molecule has 2 aliphatic heterocycles. The summed E-state index contributed by atoms with van der Waals surface area (Å²) in [6, 6.07) is 7.57.